The molecule has 0 atom stereocenters. The molecule has 0 aromatic carbocycles. The Balaban J connectivity index is 0.00000128. The van der Waals surface area contributed by atoms with Crippen LogP contribution in [0.5, 0.6) is 5.75 Å². The second kappa shape index (κ2) is 6.08. The average molecular weight is 263 g/mol. The molecule has 0 spiro atoms. The third kappa shape index (κ3) is 3.10. The van der Waals surface area contributed by atoms with Gasteiger partial charge in [0.25, 0.3) is 5.91 Å². The van der Waals surface area contributed by atoms with Crippen LogP contribution in [0.2, 0.25) is 0 Å². The summed E-state index contributed by atoms with van der Waals surface area (Å²) in [4.78, 5) is 12.3. The number of nitrogens with one attached hydrogen (secondary N) is 2. The summed E-state index contributed by atoms with van der Waals surface area (Å²) in [6.45, 7) is 2.77. The van der Waals surface area contributed by atoms with Crippen LogP contribution < -0.4 is 15.4 Å². The van der Waals surface area contributed by atoms with Crippen molar-refractivity contribution < 1.29 is 9.53 Å². The molecule has 90 valence electrons. The van der Waals surface area contributed by atoms with Crippen molar-refractivity contribution in [1.29, 1.82) is 0 Å². The van der Waals surface area contributed by atoms with E-state index in [0.717, 1.165) is 25.4 Å². The minimum absolute atomic E-state index is 0. The molecule has 4 nitrogen and oxygen atoms in total. The Morgan fingerprint density at radius 1 is 1.69 bits per heavy atom. The molecular formula is C10H15ClN2O2S. The lowest BCUT2D eigenvalue weighted by molar-refractivity contribution is 0.0946. The van der Waals surface area contributed by atoms with Crippen LogP contribution in [0.4, 0.5) is 0 Å². The molecule has 0 aliphatic carbocycles. The minimum atomic E-state index is -0.00444. The molecule has 1 aliphatic heterocycles. The normalized spacial score (nSPS) is 14.8. The van der Waals surface area contributed by atoms with E-state index in [4.69, 9.17) is 4.74 Å². The molecule has 1 fully saturated rings. The Kier molecular flexibility index (Phi) is 5.05. The van der Waals surface area contributed by atoms with Crippen LogP contribution in [0.3, 0.4) is 0 Å². The molecule has 1 aromatic heterocycles. The molecule has 2 rings (SSSR count). The fourth-order valence-electron chi connectivity index (χ4n) is 1.36. The fraction of sp³-hybridized carbons (Fsp3) is 0.500. The van der Waals surface area contributed by atoms with Crippen molar-refractivity contribution in [1.82, 2.24) is 10.6 Å². The van der Waals surface area contributed by atoms with Gasteiger partial charge in [-0.3, -0.25) is 4.79 Å². The molecular weight excluding hydrogens is 248 g/mol. The zero-order valence-corrected chi connectivity index (χ0v) is 10.6. The molecule has 16 heavy (non-hydrogen) atoms. The smallest absolute Gasteiger partial charge is 0.261 e. The summed E-state index contributed by atoms with van der Waals surface area (Å²) < 4.78 is 5.02. The summed E-state index contributed by atoms with van der Waals surface area (Å²) in [6, 6.07) is 1.76. The van der Waals surface area contributed by atoms with Crippen molar-refractivity contribution in [2.45, 2.75) is 0 Å². The molecule has 0 unspecified atom stereocenters. The second-order valence-electron chi connectivity index (χ2n) is 3.59. The predicted octanol–water partition coefficient (Wildman–Crippen LogP) is 1.13. The molecule has 2 heterocycles. The van der Waals surface area contributed by atoms with Gasteiger partial charge in [-0.2, -0.15) is 0 Å². The summed E-state index contributed by atoms with van der Waals surface area (Å²) in [5.74, 6) is 1.33. The van der Waals surface area contributed by atoms with E-state index in [1.165, 1.54) is 11.3 Å². The minimum Gasteiger partial charge on any atom is -0.496 e. The Bertz CT molecular complexity index is 352. The highest BCUT2D eigenvalue weighted by atomic mass is 35.5. The highest BCUT2D eigenvalue weighted by Crippen LogP contribution is 2.20. The largest absolute Gasteiger partial charge is 0.496 e. The van der Waals surface area contributed by atoms with E-state index in [1.807, 2.05) is 5.38 Å². The van der Waals surface area contributed by atoms with E-state index in [2.05, 4.69) is 10.6 Å². The van der Waals surface area contributed by atoms with Gasteiger partial charge in [0.2, 0.25) is 0 Å². The molecule has 1 aromatic rings. The van der Waals surface area contributed by atoms with Gasteiger partial charge in [0, 0.05) is 37.0 Å². The number of amides is 1. The van der Waals surface area contributed by atoms with E-state index in [1.54, 1.807) is 13.2 Å². The molecule has 0 saturated carbocycles. The van der Waals surface area contributed by atoms with Crippen molar-refractivity contribution >= 4 is 29.7 Å². The lowest BCUT2D eigenvalue weighted by Gasteiger charge is -2.26. The Morgan fingerprint density at radius 2 is 2.44 bits per heavy atom. The summed E-state index contributed by atoms with van der Waals surface area (Å²) in [5, 5.41) is 7.92. The first-order valence-corrected chi connectivity index (χ1v) is 5.79. The maximum Gasteiger partial charge on any atom is 0.261 e. The topological polar surface area (TPSA) is 50.4 Å². The monoisotopic (exact) mass is 262 g/mol. The number of hydrogen-bond donors (Lipinski definition) is 2. The molecule has 0 bridgehead atoms. The van der Waals surface area contributed by atoms with Gasteiger partial charge in [-0.15, -0.1) is 23.7 Å². The number of halogens is 1. The predicted molar refractivity (Wildman–Crippen MR) is 66.8 cm³/mol. The van der Waals surface area contributed by atoms with Crippen LogP contribution in [-0.4, -0.2) is 32.7 Å². The molecule has 0 radical (unpaired) electrons. The number of methoxy groups -OCH3 is 1. The van der Waals surface area contributed by atoms with E-state index < -0.39 is 0 Å². The van der Waals surface area contributed by atoms with Gasteiger partial charge in [0.1, 0.15) is 5.75 Å². The Morgan fingerprint density at radius 3 is 2.94 bits per heavy atom. The maximum absolute atomic E-state index is 11.6. The van der Waals surface area contributed by atoms with E-state index >= 15 is 0 Å². The molecule has 6 heteroatoms. The third-order valence-corrected chi connectivity index (χ3v) is 3.36. The highest BCUT2D eigenvalue weighted by molar-refractivity contribution is 7.12. The zero-order chi connectivity index (χ0) is 10.7. The van der Waals surface area contributed by atoms with Gasteiger partial charge in [-0.05, 0) is 0 Å². The number of carbonyl (C=O) groups excluding carboxylic acids is 1. The van der Waals surface area contributed by atoms with Crippen LogP contribution in [0.15, 0.2) is 11.4 Å². The van der Waals surface area contributed by atoms with Crippen molar-refractivity contribution in [2.75, 3.05) is 26.7 Å². The van der Waals surface area contributed by atoms with Gasteiger partial charge in [-0.1, -0.05) is 0 Å². The highest BCUT2D eigenvalue weighted by Gasteiger charge is 2.18. The summed E-state index contributed by atoms with van der Waals surface area (Å²) in [5.41, 5.74) is 0. The summed E-state index contributed by atoms with van der Waals surface area (Å²) in [6.07, 6.45) is 0. The van der Waals surface area contributed by atoms with Gasteiger partial charge >= 0.3 is 0 Å². The van der Waals surface area contributed by atoms with E-state index in [9.17, 15) is 4.79 Å². The maximum atomic E-state index is 11.6. The second-order valence-corrected chi connectivity index (χ2v) is 4.50. The van der Waals surface area contributed by atoms with Crippen LogP contribution >= 0.6 is 23.7 Å². The van der Waals surface area contributed by atoms with Crippen LogP contribution in [-0.2, 0) is 0 Å². The number of carbonyl (C=O) groups is 1. The number of ether oxygens (including phenoxy) is 1. The van der Waals surface area contributed by atoms with Crippen molar-refractivity contribution in [2.24, 2.45) is 5.92 Å². The van der Waals surface area contributed by atoms with Crippen molar-refractivity contribution in [3.8, 4) is 5.75 Å². The quantitative estimate of drug-likeness (QED) is 0.855. The lowest BCUT2D eigenvalue weighted by atomic mass is 10.0. The van der Waals surface area contributed by atoms with Crippen LogP contribution in [0.25, 0.3) is 0 Å². The Labute approximate surface area is 105 Å². The lowest BCUT2D eigenvalue weighted by Crippen LogP contribution is -2.48. The number of hydrogen-bond acceptors (Lipinski definition) is 4. The first kappa shape index (κ1) is 13.3. The van der Waals surface area contributed by atoms with E-state index in [0.29, 0.717) is 10.8 Å². The van der Waals surface area contributed by atoms with Crippen LogP contribution in [0, 0.1) is 5.92 Å². The van der Waals surface area contributed by atoms with Gasteiger partial charge in [0.15, 0.2) is 0 Å². The van der Waals surface area contributed by atoms with Gasteiger partial charge < -0.3 is 15.4 Å². The molecule has 1 amide bonds. The van der Waals surface area contributed by atoms with E-state index in [-0.39, 0.29) is 18.3 Å². The van der Waals surface area contributed by atoms with Crippen molar-refractivity contribution in [3.63, 3.8) is 0 Å². The Hall–Kier alpha value is -0.780. The average Bonchev–Trinajstić information content (AvgIpc) is 2.63. The SMILES string of the molecule is COc1csc(C(=O)NCC2CNC2)c1.Cl. The van der Waals surface area contributed by atoms with Gasteiger partial charge in [0.05, 0.1) is 12.0 Å². The summed E-state index contributed by atoms with van der Waals surface area (Å²) in [7, 11) is 1.60. The summed E-state index contributed by atoms with van der Waals surface area (Å²) >= 11 is 1.41. The van der Waals surface area contributed by atoms with Crippen LogP contribution in [0.1, 0.15) is 9.67 Å². The molecule has 2 N–H and O–H groups in total. The number of thiophene rings is 1. The standard InChI is InChI=1S/C10H14N2O2S.ClH/c1-14-8-2-9(15-6-8)10(13)12-5-7-3-11-4-7;/h2,6-7,11H,3-5H2,1H3,(H,12,13);1H. The third-order valence-electron chi connectivity index (χ3n) is 2.45. The fourth-order valence-corrected chi connectivity index (χ4v) is 2.13. The van der Waals surface area contributed by atoms with Crippen molar-refractivity contribution in [3.05, 3.63) is 16.3 Å². The van der Waals surface area contributed by atoms with Gasteiger partial charge in [-0.25, -0.2) is 0 Å². The zero-order valence-electron chi connectivity index (χ0n) is 8.99. The first-order valence-electron chi connectivity index (χ1n) is 4.91. The molecule has 1 aliphatic rings. The molecule has 1 saturated heterocycles. The first-order chi connectivity index (χ1) is 7.29. The number of rotatable bonds is 4.